The van der Waals surface area contributed by atoms with Crippen molar-refractivity contribution in [1.82, 2.24) is 14.4 Å². The largest absolute Gasteiger partial charge is 0.433 e. The standard InChI is InChI=1S/C29H28F3N5O3/c1-17-2-3-20(34-28(39)18-6-7-33-26(13-18)29(30,31)32)14-22(17)19-12-25(36-8-10-40-11-9-36)27-35-23-5-4-21(38)15-24(23)37(27)16-19/h2-3,6-7,12-14,16,21,38H,4-5,8-11,15H2,1H3,(H,34,39). The lowest BCUT2D eigenvalue weighted by Gasteiger charge is -2.29. The van der Waals surface area contributed by atoms with Crippen molar-refractivity contribution in [2.24, 2.45) is 0 Å². The van der Waals surface area contributed by atoms with Crippen LogP contribution >= 0.6 is 0 Å². The van der Waals surface area contributed by atoms with Crippen LogP contribution in [0, 0.1) is 6.92 Å². The van der Waals surface area contributed by atoms with Gasteiger partial charge in [0.1, 0.15) is 5.69 Å². The molecular formula is C29H28F3N5O3. The van der Waals surface area contributed by atoms with Crippen molar-refractivity contribution in [3.63, 3.8) is 0 Å². The molecule has 1 aliphatic carbocycles. The first-order chi connectivity index (χ1) is 19.2. The number of morpholine rings is 1. The van der Waals surface area contributed by atoms with Gasteiger partial charge in [0, 0.05) is 54.4 Å². The number of carbonyl (C=O) groups excluding carboxylic acids is 1. The lowest BCUT2D eigenvalue weighted by molar-refractivity contribution is -0.141. The summed E-state index contributed by atoms with van der Waals surface area (Å²) in [7, 11) is 0. The summed E-state index contributed by atoms with van der Waals surface area (Å²) in [5, 5.41) is 13.1. The van der Waals surface area contributed by atoms with Gasteiger partial charge in [0.2, 0.25) is 0 Å². The molecule has 2 N–H and O–H groups in total. The number of aromatic nitrogens is 3. The Hall–Kier alpha value is -3.96. The number of halogens is 3. The van der Waals surface area contributed by atoms with Crippen molar-refractivity contribution in [2.75, 3.05) is 36.5 Å². The smallest absolute Gasteiger partial charge is 0.393 e. The number of aliphatic hydroxyl groups is 1. The van der Waals surface area contributed by atoms with E-state index in [1.807, 2.05) is 25.3 Å². The molecule has 2 aliphatic rings. The topological polar surface area (TPSA) is 92.0 Å². The lowest BCUT2D eigenvalue weighted by Crippen LogP contribution is -2.36. The zero-order valence-electron chi connectivity index (χ0n) is 21.8. The number of pyridine rings is 2. The average molecular weight is 552 g/mol. The summed E-state index contributed by atoms with van der Waals surface area (Å²) in [6.45, 7) is 4.63. The van der Waals surface area contributed by atoms with E-state index in [9.17, 15) is 23.1 Å². The maximum absolute atomic E-state index is 13.1. The molecule has 11 heteroatoms. The van der Waals surface area contributed by atoms with Crippen LogP contribution in [0.4, 0.5) is 24.5 Å². The number of amides is 1. The third kappa shape index (κ3) is 5.02. The first-order valence-corrected chi connectivity index (χ1v) is 13.2. The van der Waals surface area contributed by atoms with Crippen molar-refractivity contribution in [2.45, 2.75) is 38.5 Å². The molecule has 4 heterocycles. The first-order valence-electron chi connectivity index (χ1n) is 13.2. The molecule has 1 fully saturated rings. The highest BCUT2D eigenvalue weighted by Crippen LogP contribution is 2.35. The van der Waals surface area contributed by atoms with Gasteiger partial charge in [-0.1, -0.05) is 6.07 Å². The number of aryl methyl sites for hydroxylation is 2. The molecule has 0 radical (unpaired) electrons. The van der Waals surface area contributed by atoms with E-state index in [0.29, 0.717) is 38.2 Å². The third-order valence-electron chi connectivity index (χ3n) is 7.50. The monoisotopic (exact) mass is 551 g/mol. The number of carbonyl (C=O) groups is 1. The van der Waals surface area contributed by atoms with Gasteiger partial charge in [0.05, 0.1) is 30.7 Å². The van der Waals surface area contributed by atoms with Gasteiger partial charge < -0.3 is 24.5 Å². The number of aliphatic hydroxyl groups excluding tert-OH is 1. The number of alkyl halides is 3. The molecule has 1 amide bonds. The van der Waals surface area contributed by atoms with E-state index in [1.54, 1.807) is 6.07 Å². The van der Waals surface area contributed by atoms with E-state index in [0.717, 1.165) is 64.8 Å². The van der Waals surface area contributed by atoms with Crippen LogP contribution < -0.4 is 10.2 Å². The molecule has 0 bridgehead atoms. The average Bonchev–Trinajstić information content (AvgIpc) is 3.31. The SMILES string of the molecule is Cc1ccc(NC(=O)c2ccnc(C(F)(F)F)c2)cc1-c1cc(N2CCOCC2)c2nc3c(n2c1)CC(O)CC3. The van der Waals surface area contributed by atoms with E-state index in [4.69, 9.17) is 9.72 Å². The Morgan fingerprint density at radius 1 is 1.15 bits per heavy atom. The molecule has 0 spiro atoms. The number of imidazole rings is 1. The van der Waals surface area contributed by atoms with E-state index in [-0.39, 0.29) is 5.56 Å². The molecule has 6 rings (SSSR count). The van der Waals surface area contributed by atoms with Crippen LogP contribution in [0.5, 0.6) is 0 Å². The fourth-order valence-corrected chi connectivity index (χ4v) is 5.39. The molecule has 1 saturated heterocycles. The van der Waals surface area contributed by atoms with E-state index < -0.39 is 23.9 Å². The Kier molecular flexibility index (Phi) is 6.71. The van der Waals surface area contributed by atoms with Crippen molar-refractivity contribution < 1.29 is 27.8 Å². The summed E-state index contributed by atoms with van der Waals surface area (Å²) in [4.78, 5) is 23.4. The summed E-state index contributed by atoms with van der Waals surface area (Å²) in [5.74, 6) is -0.662. The molecule has 1 unspecified atom stereocenters. The second-order valence-electron chi connectivity index (χ2n) is 10.2. The highest BCUT2D eigenvalue weighted by Gasteiger charge is 2.33. The number of benzene rings is 1. The summed E-state index contributed by atoms with van der Waals surface area (Å²) < 4.78 is 46.9. The maximum Gasteiger partial charge on any atom is 0.433 e. The van der Waals surface area contributed by atoms with Gasteiger partial charge in [-0.2, -0.15) is 13.2 Å². The normalized spacial score (nSPS) is 17.6. The fraction of sp³-hybridized carbons (Fsp3) is 0.345. The van der Waals surface area contributed by atoms with Crippen LogP contribution in [0.25, 0.3) is 16.8 Å². The molecule has 4 aromatic rings. The van der Waals surface area contributed by atoms with Crippen LogP contribution in [0.3, 0.4) is 0 Å². The van der Waals surface area contributed by atoms with Crippen LogP contribution in [0.15, 0.2) is 48.8 Å². The van der Waals surface area contributed by atoms with E-state index >= 15 is 0 Å². The van der Waals surface area contributed by atoms with E-state index in [2.05, 4.69) is 25.7 Å². The highest BCUT2D eigenvalue weighted by molar-refractivity contribution is 6.04. The number of nitrogens with one attached hydrogen (secondary N) is 1. The van der Waals surface area contributed by atoms with Gasteiger partial charge >= 0.3 is 6.18 Å². The summed E-state index contributed by atoms with van der Waals surface area (Å²) >= 11 is 0. The molecule has 1 atom stereocenters. The first kappa shape index (κ1) is 26.3. The van der Waals surface area contributed by atoms with Crippen molar-refractivity contribution in [3.8, 4) is 11.1 Å². The molecule has 208 valence electrons. The number of hydrogen-bond acceptors (Lipinski definition) is 6. The Bertz CT molecular complexity index is 1590. The Balaban J connectivity index is 1.40. The number of anilines is 2. The Morgan fingerprint density at radius 2 is 1.95 bits per heavy atom. The highest BCUT2D eigenvalue weighted by atomic mass is 19.4. The van der Waals surface area contributed by atoms with Gasteiger partial charge in [0.15, 0.2) is 5.65 Å². The second kappa shape index (κ2) is 10.2. The number of nitrogens with zero attached hydrogens (tertiary/aromatic N) is 4. The molecule has 1 aromatic carbocycles. The number of hydrogen-bond donors (Lipinski definition) is 2. The molecule has 3 aromatic heterocycles. The fourth-order valence-electron chi connectivity index (χ4n) is 5.39. The molecule has 1 aliphatic heterocycles. The minimum Gasteiger partial charge on any atom is -0.393 e. The number of ether oxygens (including phenoxy) is 1. The van der Waals surface area contributed by atoms with Gasteiger partial charge in [0.25, 0.3) is 5.91 Å². The Labute approximate surface area is 228 Å². The lowest BCUT2D eigenvalue weighted by atomic mass is 9.98. The van der Waals surface area contributed by atoms with Crippen molar-refractivity contribution in [1.29, 1.82) is 0 Å². The minimum absolute atomic E-state index is 0.135. The summed E-state index contributed by atoms with van der Waals surface area (Å²) in [6.07, 6.45) is -0.176. The van der Waals surface area contributed by atoms with Crippen LogP contribution in [-0.2, 0) is 23.8 Å². The second-order valence-corrected chi connectivity index (χ2v) is 10.2. The number of rotatable bonds is 4. The predicted octanol–water partition coefficient (Wildman–Crippen LogP) is 4.66. The molecular weight excluding hydrogens is 523 g/mol. The van der Waals surface area contributed by atoms with Gasteiger partial charge in [-0.15, -0.1) is 0 Å². The van der Waals surface area contributed by atoms with Gasteiger partial charge in [-0.05, 0) is 61.2 Å². The summed E-state index contributed by atoms with van der Waals surface area (Å²) in [6, 6.07) is 9.48. The van der Waals surface area contributed by atoms with Crippen LogP contribution in [0.2, 0.25) is 0 Å². The maximum atomic E-state index is 13.1. The predicted molar refractivity (Wildman–Crippen MR) is 144 cm³/mol. The van der Waals surface area contributed by atoms with Crippen molar-refractivity contribution in [3.05, 3.63) is 77.0 Å². The zero-order valence-corrected chi connectivity index (χ0v) is 21.8. The zero-order chi connectivity index (χ0) is 28.0. The van der Waals surface area contributed by atoms with Gasteiger partial charge in [-0.25, -0.2) is 4.98 Å². The minimum atomic E-state index is -4.65. The van der Waals surface area contributed by atoms with Gasteiger partial charge in [-0.3, -0.25) is 9.78 Å². The number of fused-ring (bicyclic) bond motifs is 3. The van der Waals surface area contributed by atoms with Crippen LogP contribution in [-0.4, -0.2) is 57.8 Å². The Morgan fingerprint density at radius 3 is 2.73 bits per heavy atom. The quantitative estimate of drug-likeness (QED) is 0.383. The summed E-state index contributed by atoms with van der Waals surface area (Å²) in [5.41, 5.74) is 5.70. The van der Waals surface area contributed by atoms with Crippen molar-refractivity contribution >= 4 is 22.9 Å². The molecule has 0 saturated carbocycles. The molecule has 8 nitrogen and oxygen atoms in total. The third-order valence-corrected chi connectivity index (χ3v) is 7.50. The van der Waals surface area contributed by atoms with E-state index in [1.165, 1.54) is 6.07 Å². The molecule has 40 heavy (non-hydrogen) atoms. The van der Waals surface area contributed by atoms with Crippen LogP contribution in [0.1, 0.15) is 39.4 Å².